The lowest BCUT2D eigenvalue weighted by Gasteiger charge is -2.38. The van der Waals surface area contributed by atoms with Crippen molar-refractivity contribution in [2.75, 3.05) is 13.1 Å². The van der Waals surface area contributed by atoms with Gasteiger partial charge in [-0.25, -0.2) is 4.98 Å². The molecule has 2 fully saturated rings. The standard InChI is InChI=1S/C18H26N4O2/c1-12-17-20-15(9-16(23)19-10-13-5-6-13)11-21(17)7-8-22(12)18(24)14-3-2-4-14/h11-14H,2-10H2,1H3,(H,19,23)/t12-/m1/s1. The van der Waals surface area contributed by atoms with Crippen molar-refractivity contribution in [1.82, 2.24) is 19.8 Å². The summed E-state index contributed by atoms with van der Waals surface area (Å²) in [4.78, 5) is 31.2. The molecule has 2 aliphatic carbocycles. The van der Waals surface area contributed by atoms with Gasteiger partial charge in [0.1, 0.15) is 5.82 Å². The maximum Gasteiger partial charge on any atom is 0.226 e. The first-order chi connectivity index (χ1) is 11.6. The third-order valence-corrected chi connectivity index (χ3v) is 5.64. The van der Waals surface area contributed by atoms with Gasteiger partial charge in [0.05, 0.1) is 18.2 Å². The van der Waals surface area contributed by atoms with Gasteiger partial charge in [0.15, 0.2) is 0 Å². The van der Waals surface area contributed by atoms with Gasteiger partial charge in [-0.05, 0) is 38.5 Å². The van der Waals surface area contributed by atoms with Gasteiger partial charge in [0.2, 0.25) is 11.8 Å². The molecule has 2 amide bonds. The fourth-order valence-electron chi connectivity index (χ4n) is 3.63. The van der Waals surface area contributed by atoms with Gasteiger partial charge in [-0.15, -0.1) is 0 Å². The van der Waals surface area contributed by atoms with Crippen LogP contribution in [-0.2, 0) is 22.6 Å². The first-order valence-electron chi connectivity index (χ1n) is 9.25. The molecule has 0 unspecified atom stereocenters. The van der Waals surface area contributed by atoms with E-state index in [0.29, 0.717) is 12.3 Å². The number of nitrogens with one attached hydrogen (secondary N) is 1. The molecule has 6 nitrogen and oxygen atoms in total. The predicted molar refractivity (Wildman–Crippen MR) is 89.1 cm³/mol. The van der Waals surface area contributed by atoms with Gasteiger partial charge in [-0.3, -0.25) is 9.59 Å². The van der Waals surface area contributed by atoms with Crippen LogP contribution >= 0.6 is 0 Å². The second-order valence-corrected chi connectivity index (χ2v) is 7.54. The van der Waals surface area contributed by atoms with Crippen LogP contribution in [0.2, 0.25) is 0 Å². The molecule has 1 aliphatic heterocycles. The van der Waals surface area contributed by atoms with Gasteiger partial charge >= 0.3 is 0 Å². The Morgan fingerprint density at radius 2 is 2.04 bits per heavy atom. The Kier molecular flexibility index (Phi) is 4.06. The molecule has 2 saturated carbocycles. The molecule has 6 heteroatoms. The Morgan fingerprint density at radius 3 is 2.71 bits per heavy atom. The Hall–Kier alpha value is -1.85. The Balaban J connectivity index is 1.40. The molecule has 24 heavy (non-hydrogen) atoms. The van der Waals surface area contributed by atoms with Crippen LogP contribution in [-0.4, -0.2) is 39.4 Å². The van der Waals surface area contributed by atoms with Crippen molar-refractivity contribution in [3.8, 4) is 0 Å². The van der Waals surface area contributed by atoms with Crippen molar-refractivity contribution in [3.05, 3.63) is 17.7 Å². The van der Waals surface area contributed by atoms with E-state index in [2.05, 4.69) is 14.9 Å². The predicted octanol–water partition coefficient (Wildman–Crippen LogP) is 1.66. The Bertz CT molecular complexity index is 645. The summed E-state index contributed by atoms with van der Waals surface area (Å²) in [7, 11) is 0. The smallest absolute Gasteiger partial charge is 0.226 e. The fraction of sp³-hybridized carbons (Fsp3) is 0.722. The van der Waals surface area contributed by atoms with E-state index < -0.39 is 0 Å². The van der Waals surface area contributed by atoms with Crippen LogP contribution in [0.25, 0.3) is 0 Å². The van der Waals surface area contributed by atoms with E-state index >= 15 is 0 Å². The summed E-state index contributed by atoms with van der Waals surface area (Å²) >= 11 is 0. The largest absolute Gasteiger partial charge is 0.355 e. The van der Waals surface area contributed by atoms with Gasteiger partial charge < -0.3 is 14.8 Å². The molecule has 0 spiro atoms. The molecule has 130 valence electrons. The van der Waals surface area contributed by atoms with Gasteiger partial charge in [-0.2, -0.15) is 0 Å². The average molecular weight is 330 g/mol. The van der Waals surface area contributed by atoms with Crippen LogP contribution in [0.15, 0.2) is 6.20 Å². The van der Waals surface area contributed by atoms with Crippen molar-refractivity contribution >= 4 is 11.8 Å². The minimum atomic E-state index is -0.00451. The summed E-state index contributed by atoms with van der Waals surface area (Å²) in [5.41, 5.74) is 0.808. The molecular formula is C18H26N4O2. The number of imidazole rings is 1. The minimum absolute atomic E-state index is 0.00451. The highest BCUT2D eigenvalue weighted by molar-refractivity contribution is 5.80. The quantitative estimate of drug-likeness (QED) is 0.893. The number of carbonyl (C=O) groups excluding carboxylic acids is 2. The Morgan fingerprint density at radius 1 is 1.25 bits per heavy atom. The van der Waals surface area contributed by atoms with Crippen molar-refractivity contribution in [2.45, 2.75) is 58.0 Å². The second kappa shape index (κ2) is 6.22. The van der Waals surface area contributed by atoms with Crippen LogP contribution in [0, 0.1) is 11.8 Å². The number of fused-ring (bicyclic) bond motifs is 1. The number of hydrogen-bond donors (Lipinski definition) is 1. The number of rotatable bonds is 5. The fourth-order valence-corrected chi connectivity index (χ4v) is 3.63. The molecule has 1 aromatic rings. The second-order valence-electron chi connectivity index (χ2n) is 7.54. The van der Waals surface area contributed by atoms with Gasteiger partial charge in [-0.1, -0.05) is 6.42 Å². The maximum absolute atomic E-state index is 12.6. The zero-order valence-electron chi connectivity index (χ0n) is 14.3. The molecule has 0 aromatic carbocycles. The van der Waals surface area contributed by atoms with Crippen molar-refractivity contribution in [2.24, 2.45) is 11.8 Å². The zero-order chi connectivity index (χ0) is 16.7. The van der Waals surface area contributed by atoms with E-state index in [1.807, 2.05) is 18.0 Å². The van der Waals surface area contributed by atoms with Crippen molar-refractivity contribution in [3.63, 3.8) is 0 Å². The minimum Gasteiger partial charge on any atom is -0.355 e. The lowest BCUT2D eigenvalue weighted by molar-refractivity contribution is -0.141. The number of amides is 2. The van der Waals surface area contributed by atoms with Crippen LogP contribution in [0.5, 0.6) is 0 Å². The average Bonchev–Trinajstić information content (AvgIpc) is 3.23. The highest BCUT2D eigenvalue weighted by atomic mass is 16.2. The molecule has 1 aromatic heterocycles. The highest BCUT2D eigenvalue weighted by Gasteiger charge is 2.35. The van der Waals surface area contributed by atoms with E-state index in [1.54, 1.807) is 0 Å². The number of nitrogens with zero attached hydrogens (tertiary/aromatic N) is 3. The zero-order valence-corrected chi connectivity index (χ0v) is 14.3. The summed E-state index contributed by atoms with van der Waals surface area (Å²) < 4.78 is 2.11. The van der Waals surface area contributed by atoms with E-state index in [9.17, 15) is 9.59 Å². The number of carbonyl (C=O) groups is 2. The SMILES string of the molecule is C[C@@H]1c2nc(CC(=O)NCC3CC3)cn2CCN1C(=O)C1CCC1. The Labute approximate surface area is 142 Å². The molecule has 4 rings (SSSR count). The molecule has 2 heterocycles. The third-order valence-electron chi connectivity index (χ3n) is 5.64. The van der Waals surface area contributed by atoms with Crippen molar-refractivity contribution in [1.29, 1.82) is 0 Å². The van der Waals surface area contributed by atoms with E-state index in [-0.39, 0.29) is 23.8 Å². The van der Waals surface area contributed by atoms with Crippen LogP contribution < -0.4 is 5.32 Å². The molecule has 1 atom stereocenters. The number of aromatic nitrogens is 2. The van der Waals surface area contributed by atoms with Crippen LogP contribution in [0.1, 0.15) is 56.6 Å². The molecule has 0 bridgehead atoms. The van der Waals surface area contributed by atoms with E-state index in [4.69, 9.17) is 0 Å². The molecule has 0 radical (unpaired) electrons. The van der Waals surface area contributed by atoms with E-state index in [0.717, 1.165) is 44.0 Å². The lowest BCUT2D eigenvalue weighted by Crippen LogP contribution is -2.45. The summed E-state index contributed by atoms with van der Waals surface area (Å²) in [6.07, 6.45) is 8.02. The monoisotopic (exact) mass is 330 g/mol. The summed E-state index contributed by atoms with van der Waals surface area (Å²) in [5.74, 6) is 2.16. The van der Waals surface area contributed by atoms with Gasteiger partial charge in [0.25, 0.3) is 0 Å². The lowest BCUT2D eigenvalue weighted by atomic mass is 9.84. The topological polar surface area (TPSA) is 67.2 Å². The molecule has 3 aliphatic rings. The summed E-state index contributed by atoms with van der Waals surface area (Å²) in [6.45, 7) is 4.36. The van der Waals surface area contributed by atoms with Crippen LogP contribution in [0.3, 0.4) is 0 Å². The maximum atomic E-state index is 12.6. The molecular weight excluding hydrogens is 304 g/mol. The molecule has 0 saturated heterocycles. The van der Waals surface area contributed by atoms with Crippen LogP contribution in [0.4, 0.5) is 0 Å². The summed E-state index contributed by atoms with van der Waals surface area (Å²) in [6, 6.07) is -0.00451. The summed E-state index contributed by atoms with van der Waals surface area (Å²) in [5, 5.41) is 2.99. The van der Waals surface area contributed by atoms with Gasteiger partial charge in [0, 0.05) is 31.7 Å². The molecule has 1 N–H and O–H groups in total. The first kappa shape index (κ1) is 15.7. The number of hydrogen-bond acceptors (Lipinski definition) is 3. The van der Waals surface area contributed by atoms with E-state index in [1.165, 1.54) is 19.3 Å². The first-order valence-corrected chi connectivity index (χ1v) is 9.25. The third kappa shape index (κ3) is 3.06. The highest BCUT2D eigenvalue weighted by Crippen LogP contribution is 2.33. The normalized spacial score (nSPS) is 23.5. The van der Waals surface area contributed by atoms with Crippen molar-refractivity contribution < 1.29 is 9.59 Å².